The SMILES string of the molecule is Cc1ccc(Nc2nc(Nc3ccc(F)cc3)nc3c2C(=O)CCC3)c(C)c1. The van der Waals surface area contributed by atoms with E-state index in [2.05, 4.69) is 26.7 Å². The van der Waals surface area contributed by atoms with Crippen molar-refractivity contribution in [2.45, 2.75) is 33.1 Å². The number of hydrogen-bond donors (Lipinski definition) is 2. The van der Waals surface area contributed by atoms with Crippen LogP contribution in [0.25, 0.3) is 0 Å². The van der Waals surface area contributed by atoms with Crippen LogP contribution in [0.3, 0.4) is 0 Å². The van der Waals surface area contributed by atoms with Gasteiger partial charge in [-0.2, -0.15) is 4.98 Å². The fourth-order valence-electron chi connectivity index (χ4n) is 3.41. The van der Waals surface area contributed by atoms with Crippen molar-refractivity contribution in [1.82, 2.24) is 9.97 Å². The summed E-state index contributed by atoms with van der Waals surface area (Å²) in [6.07, 6.45) is 2.01. The second kappa shape index (κ2) is 7.38. The molecule has 0 saturated heterocycles. The molecule has 2 aromatic carbocycles. The monoisotopic (exact) mass is 376 g/mol. The summed E-state index contributed by atoms with van der Waals surface area (Å²) >= 11 is 0. The minimum atomic E-state index is -0.306. The molecule has 3 aromatic rings. The zero-order chi connectivity index (χ0) is 19.7. The fraction of sp³-hybridized carbons (Fsp3) is 0.227. The Hall–Kier alpha value is -3.28. The van der Waals surface area contributed by atoms with E-state index in [1.165, 1.54) is 17.7 Å². The van der Waals surface area contributed by atoms with E-state index in [0.717, 1.165) is 29.8 Å². The van der Waals surface area contributed by atoms with E-state index in [4.69, 9.17) is 0 Å². The number of anilines is 4. The Morgan fingerprint density at radius 1 is 0.964 bits per heavy atom. The summed E-state index contributed by atoms with van der Waals surface area (Å²) in [4.78, 5) is 21.7. The lowest BCUT2D eigenvalue weighted by molar-refractivity contribution is 0.0972. The van der Waals surface area contributed by atoms with E-state index in [-0.39, 0.29) is 11.6 Å². The molecule has 28 heavy (non-hydrogen) atoms. The highest BCUT2D eigenvalue weighted by atomic mass is 19.1. The lowest BCUT2D eigenvalue weighted by atomic mass is 9.95. The summed E-state index contributed by atoms with van der Waals surface area (Å²) in [5.74, 6) is 0.639. The maximum absolute atomic E-state index is 13.2. The molecule has 1 aliphatic rings. The molecule has 1 heterocycles. The van der Waals surface area contributed by atoms with Gasteiger partial charge in [-0.05, 0) is 62.6 Å². The average Bonchev–Trinajstić information content (AvgIpc) is 2.66. The van der Waals surface area contributed by atoms with E-state index >= 15 is 0 Å². The van der Waals surface area contributed by atoms with E-state index in [1.807, 2.05) is 26.0 Å². The van der Waals surface area contributed by atoms with Gasteiger partial charge in [0.1, 0.15) is 11.6 Å². The number of fused-ring (bicyclic) bond motifs is 1. The van der Waals surface area contributed by atoms with Crippen LogP contribution >= 0.6 is 0 Å². The molecular weight excluding hydrogens is 355 g/mol. The third kappa shape index (κ3) is 3.71. The van der Waals surface area contributed by atoms with Gasteiger partial charge in [0.15, 0.2) is 5.78 Å². The van der Waals surface area contributed by atoms with Gasteiger partial charge in [-0.1, -0.05) is 17.7 Å². The number of hydrogen-bond acceptors (Lipinski definition) is 5. The van der Waals surface area contributed by atoms with Crippen LogP contribution in [0.15, 0.2) is 42.5 Å². The summed E-state index contributed by atoms with van der Waals surface area (Å²) in [6, 6.07) is 12.1. The highest BCUT2D eigenvalue weighted by Crippen LogP contribution is 2.30. The van der Waals surface area contributed by atoms with Crippen molar-refractivity contribution in [3.05, 3.63) is 70.7 Å². The molecule has 0 spiro atoms. The predicted molar refractivity (Wildman–Crippen MR) is 108 cm³/mol. The van der Waals surface area contributed by atoms with Gasteiger partial charge in [0, 0.05) is 17.8 Å². The highest BCUT2D eigenvalue weighted by molar-refractivity contribution is 6.03. The molecule has 6 heteroatoms. The zero-order valence-corrected chi connectivity index (χ0v) is 15.8. The average molecular weight is 376 g/mol. The molecule has 1 aromatic heterocycles. The third-order valence-electron chi connectivity index (χ3n) is 4.82. The summed E-state index contributed by atoms with van der Waals surface area (Å²) in [5.41, 5.74) is 5.13. The van der Waals surface area contributed by atoms with Gasteiger partial charge in [0.2, 0.25) is 5.95 Å². The number of halogens is 1. The Labute approximate surface area is 163 Å². The molecule has 2 N–H and O–H groups in total. The van der Waals surface area contributed by atoms with Crippen molar-refractivity contribution in [2.75, 3.05) is 10.6 Å². The Kier molecular flexibility index (Phi) is 4.77. The number of benzene rings is 2. The number of aromatic nitrogens is 2. The lowest BCUT2D eigenvalue weighted by Crippen LogP contribution is -2.18. The Bertz CT molecular complexity index is 1050. The van der Waals surface area contributed by atoms with Gasteiger partial charge in [-0.25, -0.2) is 9.37 Å². The first-order valence-corrected chi connectivity index (χ1v) is 9.30. The normalized spacial score (nSPS) is 13.2. The van der Waals surface area contributed by atoms with Crippen LogP contribution in [-0.2, 0) is 6.42 Å². The largest absolute Gasteiger partial charge is 0.339 e. The maximum Gasteiger partial charge on any atom is 0.229 e. The predicted octanol–water partition coefficient (Wildman–Crippen LogP) is 5.24. The van der Waals surface area contributed by atoms with Gasteiger partial charge >= 0.3 is 0 Å². The van der Waals surface area contributed by atoms with Crippen molar-refractivity contribution in [2.24, 2.45) is 0 Å². The van der Waals surface area contributed by atoms with E-state index in [9.17, 15) is 9.18 Å². The zero-order valence-electron chi connectivity index (χ0n) is 15.8. The molecule has 0 unspecified atom stereocenters. The topological polar surface area (TPSA) is 66.9 Å². The summed E-state index contributed by atoms with van der Waals surface area (Å²) in [6.45, 7) is 4.06. The highest BCUT2D eigenvalue weighted by Gasteiger charge is 2.25. The molecule has 5 nitrogen and oxygen atoms in total. The molecule has 142 valence electrons. The van der Waals surface area contributed by atoms with Crippen molar-refractivity contribution >= 4 is 28.9 Å². The first-order chi connectivity index (χ1) is 13.5. The minimum Gasteiger partial charge on any atom is -0.339 e. The third-order valence-corrected chi connectivity index (χ3v) is 4.82. The van der Waals surface area contributed by atoms with Crippen LogP contribution in [0.1, 0.15) is 40.0 Å². The van der Waals surface area contributed by atoms with Crippen molar-refractivity contribution in [3.63, 3.8) is 0 Å². The van der Waals surface area contributed by atoms with Gasteiger partial charge in [0.25, 0.3) is 0 Å². The smallest absolute Gasteiger partial charge is 0.229 e. The summed E-state index contributed by atoms with van der Waals surface area (Å²) in [5, 5.41) is 6.43. The molecule has 0 aliphatic heterocycles. The van der Waals surface area contributed by atoms with Crippen molar-refractivity contribution in [3.8, 4) is 0 Å². The molecule has 0 fully saturated rings. The number of aryl methyl sites for hydroxylation is 3. The number of rotatable bonds is 4. The summed E-state index contributed by atoms with van der Waals surface area (Å²) < 4.78 is 13.2. The van der Waals surface area contributed by atoms with Crippen LogP contribution in [0, 0.1) is 19.7 Å². The van der Waals surface area contributed by atoms with Crippen LogP contribution < -0.4 is 10.6 Å². The van der Waals surface area contributed by atoms with E-state index in [1.54, 1.807) is 12.1 Å². The second-order valence-corrected chi connectivity index (χ2v) is 7.07. The van der Waals surface area contributed by atoms with Gasteiger partial charge in [-0.15, -0.1) is 0 Å². The first-order valence-electron chi connectivity index (χ1n) is 9.30. The molecule has 0 atom stereocenters. The van der Waals surface area contributed by atoms with Gasteiger partial charge in [0.05, 0.1) is 11.3 Å². The molecule has 1 aliphatic carbocycles. The molecule has 0 bridgehead atoms. The minimum absolute atomic E-state index is 0.0573. The van der Waals surface area contributed by atoms with Crippen molar-refractivity contribution < 1.29 is 9.18 Å². The molecular formula is C22H21FN4O. The number of ketones is 1. The lowest BCUT2D eigenvalue weighted by Gasteiger charge is -2.20. The number of Topliss-reactive ketones (excluding diaryl/α,β-unsaturated/α-hetero) is 1. The van der Waals surface area contributed by atoms with Crippen LogP contribution in [0.2, 0.25) is 0 Å². The second-order valence-electron chi connectivity index (χ2n) is 7.07. The quantitative estimate of drug-likeness (QED) is 0.652. The molecule has 0 amide bonds. The van der Waals surface area contributed by atoms with Crippen LogP contribution in [0.5, 0.6) is 0 Å². The summed E-state index contributed by atoms with van der Waals surface area (Å²) in [7, 11) is 0. The first kappa shape index (κ1) is 18.1. The Morgan fingerprint density at radius 2 is 1.75 bits per heavy atom. The maximum atomic E-state index is 13.2. The number of carbonyl (C=O) groups excluding carboxylic acids is 1. The molecule has 0 saturated carbocycles. The Balaban J connectivity index is 1.74. The number of nitrogens with one attached hydrogen (secondary N) is 2. The number of nitrogens with zero attached hydrogens (tertiary/aromatic N) is 2. The number of carbonyl (C=O) groups is 1. The van der Waals surface area contributed by atoms with Gasteiger partial charge in [-0.3, -0.25) is 4.79 Å². The van der Waals surface area contributed by atoms with E-state index < -0.39 is 0 Å². The fourth-order valence-corrected chi connectivity index (χ4v) is 3.41. The van der Waals surface area contributed by atoms with E-state index in [0.29, 0.717) is 29.4 Å². The molecule has 0 radical (unpaired) electrons. The molecule has 4 rings (SSSR count). The Morgan fingerprint density at radius 3 is 2.50 bits per heavy atom. The van der Waals surface area contributed by atoms with Gasteiger partial charge < -0.3 is 10.6 Å². The standard InChI is InChI=1S/C22H21FN4O/c1-13-6-11-17(14(2)12-13)25-21-20-18(4-3-5-19(20)28)26-22(27-21)24-16-9-7-15(23)8-10-16/h6-12H,3-5H2,1-2H3,(H2,24,25,26,27). The van der Waals surface area contributed by atoms with Crippen LogP contribution in [-0.4, -0.2) is 15.8 Å². The van der Waals surface area contributed by atoms with Crippen LogP contribution in [0.4, 0.5) is 27.5 Å². The van der Waals surface area contributed by atoms with Crippen molar-refractivity contribution in [1.29, 1.82) is 0 Å².